The zero-order valence-corrected chi connectivity index (χ0v) is 9.14. The van der Waals surface area contributed by atoms with Crippen LogP contribution in [0.2, 0.25) is 0 Å². The molecule has 4 nitrogen and oxygen atoms in total. The van der Waals surface area contributed by atoms with Crippen molar-refractivity contribution in [3.05, 3.63) is 42.0 Å². The zero-order valence-electron chi connectivity index (χ0n) is 9.14. The summed E-state index contributed by atoms with van der Waals surface area (Å²) in [7, 11) is 0. The molecule has 2 rings (SSSR count). The van der Waals surface area contributed by atoms with Gasteiger partial charge in [0.05, 0.1) is 12.4 Å². The molecule has 0 saturated heterocycles. The van der Waals surface area contributed by atoms with Gasteiger partial charge in [-0.05, 0) is 24.6 Å². The van der Waals surface area contributed by atoms with Crippen molar-refractivity contribution in [2.45, 2.75) is 6.92 Å². The Morgan fingerprint density at radius 1 is 1.29 bits per heavy atom. The number of anilines is 1. The molecule has 0 unspecified atom stereocenters. The van der Waals surface area contributed by atoms with Gasteiger partial charge in [-0.2, -0.15) is 0 Å². The Hall–Kier alpha value is -2.30. The normalized spacial score (nSPS) is 10.0. The van der Waals surface area contributed by atoms with Crippen molar-refractivity contribution >= 4 is 12.1 Å². The summed E-state index contributed by atoms with van der Waals surface area (Å²) in [6.07, 6.45) is 2.82. The smallest absolute Gasteiger partial charge is 0.211 e. The highest BCUT2D eigenvalue weighted by molar-refractivity contribution is 5.75. The van der Waals surface area contributed by atoms with E-state index in [0.29, 0.717) is 17.9 Å². The molecule has 1 aromatic carbocycles. The number of rotatable bonds is 3. The van der Waals surface area contributed by atoms with Crippen LogP contribution >= 0.6 is 0 Å². The molecule has 0 fully saturated rings. The second kappa shape index (κ2) is 4.69. The molecule has 0 aliphatic heterocycles. The van der Waals surface area contributed by atoms with E-state index in [0.717, 1.165) is 23.5 Å². The largest absolute Gasteiger partial charge is 0.329 e. The molecular formula is C12H10FN3O. The molecule has 0 spiro atoms. The maximum absolute atomic E-state index is 12.7. The third-order valence-electron chi connectivity index (χ3n) is 2.32. The fraction of sp³-hybridized carbons (Fsp3) is 0.0833. The maximum Gasteiger partial charge on any atom is 0.211 e. The predicted octanol–water partition coefficient (Wildman–Crippen LogP) is 2.16. The van der Waals surface area contributed by atoms with Gasteiger partial charge in [-0.15, -0.1) is 0 Å². The summed E-state index contributed by atoms with van der Waals surface area (Å²) in [5.41, 5.74) is 2.36. The first-order chi connectivity index (χ1) is 8.20. The number of hydrogen-bond acceptors (Lipinski definition) is 3. The van der Waals surface area contributed by atoms with E-state index in [-0.39, 0.29) is 0 Å². The van der Waals surface area contributed by atoms with Gasteiger partial charge in [0.1, 0.15) is 0 Å². The third kappa shape index (κ3) is 2.44. The molecule has 0 radical (unpaired) electrons. The molecule has 2 aromatic rings. The monoisotopic (exact) mass is 231 g/mol. The summed E-state index contributed by atoms with van der Waals surface area (Å²) in [6.45, 7) is 1.90. The first-order valence-electron chi connectivity index (χ1n) is 4.99. The molecule has 1 heterocycles. The average Bonchev–Trinajstić information content (AvgIpc) is 2.33. The number of benzene rings is 1. The van der Waals surface area contributed by atoms with Crippen LogP contribution in [0.4, 0.5) is 10.1 Å². The number of nitrogens with one attached hydrogen (secondary N) is 1. The second-order valence-corrected chi connectivity index (χ2v) is 3.52. The van der Waals surface area contributed by atoms with Crippen molar-refractivity contribution in [3.8, 4) is 11.4 Å². The molecule has 1 amide bonds. The van der Waals surface area contributed by atoms with E-state index >= 15 is 0 Å². The van der Waals surface area contributed by atoms with E-state index in [1.54, 1.807) is 12.1 Å². The fourth-order valence-electron chi connectivity index (χ4n) is 1.47. The molecule has 0 aliphatic rings. The lowest BCUT2D eigenvalue weighted by Gasteiger charge is -2.06. The predicted molar refractivity (Wildman–Crippen MR) is 61.8 cm³/mol. The summed E-state index contributed by atoms with van der Waals surface area (Å²) < 4.78 is 12.7. The molecule has 1 N–H and O–H groups in total. The SMILES string of the molecule is Cc1ccc(NC=O)cc1-c1ncc(F)cn1. The van der Waals surface area contributed by atoms with Crippen LogP contribution in [0.1, 0.15) is 5.56 Å². The van der Waals surface area contributed by atoms with E-state index in [2.05, 4.69) is 15.3 Å². The van der Waals surface area contributed by atoms with Crippen LogP contribution in [0, 0.1) is 12.7 Å². The number of hydrogen-bond donors (Lipinski definition) is 1. The fourth-order valence-corrected chi connectivity index (χ4v) is 1.47. The number of halogens is 1. The minimum Gasteiger partial charge on any atom is -0.329 e. The molecule has 0 saturated carbocycles. The molecule has 5 heteroatoms. The average molecular weight is 231 g/mol. The highest BCUT2D eigenvalue weighted by atomic mass is 19.1. The van der Waals surface area contributed by atoms with Gasteiger partial charge in [0.2, 0.25) is 6.41 Å². The van der Waals surface area contributed by atoms with Crippen molar-refractivity contribution in [1.82, 2.24) is 9.97 Å². The van der Waals surface area contributed by atoms with Gasteiger partial charge in [0.15, 0.2) is 11.6 Å². The van der Waals surface area contributed by atoms with Crippen molar-refractivity contribution in [2.24, 2.45) is 0 Å². The van der Waals surface area contributed by atoms with Crippen LogP contribution in [0.5, 0.6) is 0 Å². The Labute approximate surface area is 97.5 Å². The van der Waals surface area contributed by atoms with Crippen molar-refractivity contribution < 1.29 is 9.18 Å². The number of aryl methyl sites for hydroxylation is 1. The highest BCUT2D eigenvalue weighted by Crippen LogP contribution is 2.23. The number of amides is 1. The van der Waals surface area contributed by atoms with E-state index in [9.17, 15) is 9.18 Å². The van der Waals surface area contributed by atoms with Gasteiger partial charge in [0, 0.05) is 11.3 Å². The van der Waals surface area contributed by atoms with E-state index in [1.807, 2.05) is 13.0 Å². The Bertz CT molecular complexity index is 540. The molecule has 86 valence electrons. The number of carbonyl (C=O) groups excluding carboxylic acids is 1. The molecule has 0 atom stereocenters. The standard InChI is InChI=1S/C12H10FN3O/c1-8-2-3-10(16-7-17)4-11(8)12-14-5-9(13)6-15-12/h2-7H,1H3,(H,16,17). The van der Waals surface area contributed by atoms with Gasteiger partial charge < -0.3 is 5.32 Å². The first-order valence-corrected chi connectivity index (χ1v) is 4.99. The maximum atomic E-state index is 12.7. The van der Waals surface area contributed by atoms with Crippen LogP contribution < -0.4 is 5.32 Å². The minimum absolute atomic E-state index is 0.429. The number of aromatic nitrogens is 2. The van der Waals surface area contributed by atoms with Gasteiger partial charge in [-0.25, -0.2) is 14.4 Å². The lowest BCUT2D eigenvalue weighted by Crippen LogP contribution is -1.97. The summed E-state index contributed by atoms with van der Waals surface area (Å²) in [4.78, 5) is 18.2. The molecule has 17 heavy (non-hydrogen) atoms. The summed E-state index contributed by atoms with van der Waals surface area (Å²) in [6, 6.07) is 5.36. The van der Waals surface area contributed by atoms with E-state index in [4.69, 9.17) is 0 Å². The first kappa shape index (κ1) is 11.2. The van der Waals surface area contributed by atoms with E-state index < -0.39 is 5.82 Å². The van der Waals surface area contributed by atoms with Crippen LogP contribution in [-0.4, -0.2) is 16.4 Å². The topological polar surface area (TPSA) is 54.9 Å². The molecule has 0 bridgehead atoms. The molecule has 1 aromatic heterocycles. The second-order valence-electron chi connectivity index (χ2n) is 3.52. The van der Waals surface area contributed by atoms with Gasteiger partial charge in [-0.1, -0.05) is 6.07 Å². The zero-order chi connectivity index (χ0) is 12.3. The highest BCUT2D eigenvalue weighted by Gasteiger charge is 2.06. The van der Waals surface area contributed by atoms with Crippen LogP contribution in [-0.2, 0) is 4.79 Å². The van der Waals surface area contributed by atoms with E-state index in [1.165, 1.54) is 0 Å². The van der Waals surface area contributed by atoms with Crippen LogP contribution in [0.15, 0.2) is 30.6 Å². The third-order valence-corrected chi connectivity index (χ3v) is 2.32. The lowest BCUT2D eigenvalue weighted by atomic mass is 10.1. The number of carbonyl (C=O) groups is 1. The Morgan fingerprint density at radius 2 is 2.00 bits per heavy atom. The van der Waals surface area contributed by atoms with Crippen molar-refractivity contribution in [1.29, 1.82) is 0 Å². The Morgan fingerprint density at radius 3 is 2.65 bits per heavy atom. The van der Waals surface area contributed by atoms with Crippen LogP contribution in [0.25, 0.3) is 11.4 Å². The quantitative estimate of drug-likeness (QED) is 0.823. The summed E-state index contributed by atoms with van der Waals surface area (Å²) >= 11 is 0. The van der Waals surface area contributed by atoms with Gasteiger partial charge in [-0.3, -0.25) is 4.79 Å². The molecule has 0 aliphatic carbocycles. The lowest BCUT2D eigenvalue weighted by molar-refractivity contribution is -0.105. The summed E-state index contributed by atoms with van der Waals surface area (Å²) in [5.74, 6) is -0.0491. The molecular weight excluding hydrogens is 221 g/mol. The van der Waals surface area contributed by atoms with Gasteiger partial charge >= 0.3 is 0 Å². The van der Waals surface area contributed by atoms with Crippen molar-refractivity contribution in [3.63, 3.8) is 0 Å². The Balaban J connectivity index is 2.46. The Kier molecular flexibility index (Phi) is 3.09. The van der Waals surface area contributed by atoms with Crippen LogP contribution in [0.3, 0.4) is 0 Å². The van der Waals surface area contributed by atoms with Gasteiger partial charge in [0.25, 0.3) is 0 Å². The summed E-state index contributed by atoms with van der Waals surface area (Å²) in [5, 5.41) is 2.55. The van der Waals surface area contributed by atoms with Crippen molar-refractivity contribution in [2.75, 3.05) is 5.32 Å². The minimum atomic E-state index is -0.478. The number of nitrogens with zero attached hydrogens (tertiary/aromatic N) is 2.